The van der Waals surface area contributed by atoms with E-state index in [2.05, 4.69) is 5.32 Å². The van der Waals surface area contributed by atoms with Gasteiger partial charge in [0.05, 0.1) is 22.5 Å². The molecule has 0 radical (unpaired) electrons. The Bertz CT molecular complexity index is 1260. The average molecular weight is 549 g/mol. The summed E-state index contributed by atoms with van der Waals surface area (Å²) in [5.41, 5.74) is 1.96. The summed E-state index contributed by atoms with van der Waals surface area (Å²) in [6, 6.07) is 15.1. The molecule has 2 heterocycles. The fraction of sp³-hybridized carbons (Fsp3) is 0.433. The highest BCUT2D eigenvalue weighted by Crippen LogP contribution is 2.47. The molecule has 40 heavy (non-hydrogen) atoms. The molecule has 2 aliphatic heterocycles. The minimum absolute atomic E-state index is 0.00442. The maximum atomic E-state index is 14.3. The number of likely N-dealkylation sites (N-methyl/N-ethyl adjacent to an activating group) is 1. The van der Waals surface area contributed by atoms with E-state index < -0.39 is 35.1 Å². The average Bonchev–Trinajstić information content (AvgIpc) is 3.40. The van der Waals surface area contributed by atoms with Crippen LogP contribution in [-0.2, 0) is 20.8 Å². The Morgan fingerprint density at radius 2 is 1.55 bits per heavy atom. The van der Waals surface area contributed by atoms with Crippen molar-refractivity contribution in [3.63, 3.8) is 0 Å². The topological polar surface area (TPSA) is 136 Å². The summed E-state index contributed by atoms with van der Waals surface area (Å²) in [7, 11) is 1.52. The summed E-state index contributed by atoms with van der Waals surface area (Å²) in [6.45, 7) is 4.03. The maximum Gasteiger partial charge on any atom is 0.261 e. The third-order valence-electron chi connectivity index (χ3n) is 8.07. The molecule has 0 saturated carbocycles. The van der Waals surface area contributed by atoms with Crippen LogP contribution in [0.2, 0.25) is 0 Å². The summed E-state index contributed by atoms with van der Waals surface area (Å²) < 4.78 is 0. The molecule has 0 aliphatic carbocycles. The van der Waals surface area contributed by atoms with Crippen molar-refractivity contribution in [3.05, 3.63) is 71.3 Å². The molecule has 3 N–H and O–H groups in total. The summed E-state index contributed by atoms with van der Waals surface area (Å²) in [5, 5.41) is 12.4. The fourth-order valence-corrected chi connectivity index (χ4v) is 6.28. The van der Waals surface area contributed by atoms with Gasteiger partial charge in [-0.15, -0.1) is 0 Å². The molecule has 0 aromatic heterocycles. The summed E-state index contributed by atoms with van der Waals surface area (Å²) in [5.74, 6) is -3.36. The van der Waals surface area contributed by atoms with E-state index in [1.807, 2.05) is 44.2 Å². The first-order valence-electron chi connectivity index (χ1n) is 13.6. The molecule has 2 unspecified atom stereocenters. The third kappa shape index (κ3) is 5.36. The van der Waals surface area contributed by atoms with Crippen molar-refractivity contribution in [1.82, 2.24) is 20.6 Å². The van der Waals surface area contributed by atoms with E-state index in [0.29, 0.717) is 24.0 Å². The molecule has 2 aromatic rings. The zero-order valence-corrected chi connectivity index (χ0v) is 23.1. The molecule has 0 bridgehead atoms. The predicted molar refractivity (Wildman–Crippen MR) is 146 cm³/mol. The van der Waals surface area contributed by atoms with Gasteiger partial charge in [0.25, 0.3) is 11.8 Å². The van der Waals surface area contributed by atoms with Crippen molar-refractivity contribution < 1.29 is 29.2 Å². The summed E-state index contributed by atoms with van der Waals surface area (Å²) in [4.78, 5) is 69.1. The zero-order chi connectivity index (χ0) is 29.0. The van der Waals surface area contributed by atoms with Gasteiger partial charge < -0.3 is 10.2 Å². The van der Waals surface area contributed by atoms with Crippen LogP contribution in [0.25, 0.3) is 0 Å². The van der Waals surface area contributed by atoms with Crippen LogP contribution in [0.15, 0.2) is 54.6 Å². The van der Waals surface area contributed by atoms with Gasteiger partial charge in [0.2, 0.25) is 17.7 Å². The lowest BCUT2D eigenvalue weighted by molar-refractivity contribution is -0.152. The van der Waals surface area contributed by atoms with Crippen LogP contribution < -0.4 is 10.8 Å². The number of carbonyl (C=O) groups excluding carboxylic acids is 5. The van der Waals surface area contributed by atoms with E-state index in [0.717, 1.165) is 10.5 Å². The van der Waals surface area contributed by atoms with E-state index in [-0.39, 0.29) is 43.7 Å². The molecule has 0 spiro atoms. The van der Waals surface area contributed by atoms with Crippen LogP contribution in [0.1, 0.15) is 59.4 Å². The normalized spacial score (nSPS) is 20.1. The van der Waals surface area contributed by atoms with Gasteiger partial charge in [-0.05, 0) is 42.9 Å². The first kappa shape index (κ1) is 28.9. The van der Waals surface area contributed by atoms with E-state index in [9.17, 15) is 29.2 Å². The first-order chi connectivity index (χ1) is 19.1. The second-order valence-corrected chi connectivity index (χ2v) is 10.9. The second-order valence-electron chi connectivity index (χ2n) is 10.9. The number of likely N-dealkylation sites (tertiary alicyclic amines) is 1. The summed E-state index contributed by atoms with van der Waals surface area (Å²) in [6.07, 6.45) is 0.893. The monoisotopic (exact) mass is 548 g/mol. The van der Waals surface area contributed by atoms with E-state index in [4.69, 9.17) is 0 Å². The van der Waals surface area contributed by atoms with E-state index in [1.165, 1.54) is 11.9 Å². The van der Waals surface area contributed by atoms with Gasteiger partial charge in [-0.2, -0.15) is 0 Å². The van der Waals surface area contributed by atoms with Gasteiger partial charge in [-0.25, -0.2) is 5.48 Å². The molecule has 1 saturated heterocycles. The lowest BCUT2D eigenvalue weighted by Gasteiger charge is -2.37. The van der Waals surface area contributed by atoms with Gasteiger partial charge in [0.15, 0.2) is 0 Å². The number of fused-ring (bicyclic) bond motifs is 1. The molecule has 4 rings (SSSR count). The highest BCUT2D eigenvalue weighted by molar-refractivity contribution is 6.21. The zero-order valence-electron chi connectivity index (χ0n) is 23.1. The van der Waals surface area contributed by atoms with Crippen LogP contribution in [-0.4, -0.2) is 70.7 Å². The van der Waals surface area contributed by atoms with Gasteiger partial charge in [-0.3, -0.25) is 34.1 Å². The number of benzene rings is 2. The van der Waals surface area contributed by atoms with Gasteiger partial charge in [-0.1, -0.05) is 56.3 Å². The Kier molecular flexibility index (Phi) is 8.68. The molecule has 2 aliphatic rings. The number of hydrogen-bond acceptors (Lipinski definition) is 6. The number of rotatable bonds is 11. The molecule has 3 atom stereocenters. The molecule has 10 heteroatoms. The van der Waals surface area contributed by atoms with Gasteiger partial charge in [0, 0.05) is 26.6 Å². The molecular formula is C30H36N4O6. The first-order valence-corrected chi connectivity index (χ1v) is 13.6. The van der Waals surface area contributed by atoms with Crippen LogP contribution in [0.4, 0.5) is 0 Å². The van der Waals surface area contributed by atoms with Crippen LogP contribution in [0, 0.1) is 17.3 Å². The highest BCUT2D eigenvalue weighted by atomic mass is 16.5. The largest absolute Gasteiger partial charge is 0.357 e. The predicted octanol–water partition coefficient (Wildman–Crippen LogP) is 2.42. The van der Waals surface area contributed by atoms with Gasteiger partial charge in [0.1, 0.15) is 6.04 Å². The van der Waals surface area contributed by atoms with E-state index >= 15 is 0 Å². The number of nitrogens with one attached hydrogen (secondary N) is 2. The van der Waals surface area contributed by atoms with Crippen LogP contribution >= 0.6 is 0 Å². The highest BCUT2D eigenvalue weighted by Gasteiger charge is 2.56. The van der Waals surface area contributed by atoms with E-state index in [1.54, 1.807) is 29.7 Å². The molecular weight excluding hydrogens is 512 g/mol. The lowest BCUT2D eigenvalue weighted by atomic mass is 9.67. The third-order valence-corrected chi connectivity index (χ3v) is 8.07. The number of imide groups is 1. The number of hydrogen-bond donors (Lipinski definition) is 3. The Labute approximate surface area is 233 Å². The van der Waals surface area contributed by atoms with Crippen molar-refractivity contribution in [3.8, 4) is 0 Å². The molecule has 10 nitrogen and oxygen atoms in total. The van der Waals surface area contributed by atoms with Crippen molar-refractivity contribution in [1.29, 1.82) is 0 Å². The SMILES string of the molecule is CNC(=O)C(Cc1ccccc1)N1CC[C@@](CC(C)C)(C(CCN2C(=O)c3ccccc3C2=O)C(=O)NO)C1=O. The molecule has 5 amide bonds. The van der Waals surface area contributed by atoms with Crippen LogP contribution in [0.5, 0.6) is 0 Å². The minimum Gasteiger partial charge on any atom is -0.357 e. The smallest absolute Gasteiger partial charge is 0.261 e. The second kappa shape index (κ2) is 12.0. The van der Waals surface area contributed by atoms with Crippen molar-refractivity contribution in [2.45, 2.75) is 45.6 Å². The lowest BCUT2D eigenvalue weighted by Crippen LogP contribution is -2.53. The number of carbonyl (C=O) groups is 5. The molecule has 1 fully saturated rings. The fourth-order valence-electron chi connectivity index (χ4n) is 6.28. The standard InChI is InChI=1S/C30H36N4O6/c1-19(2)18-30(14-16-33(29(30)39)24(26(36)31-3)17-20-9-5-4-6-10-20)23(25(35)32-40)13-15-34-27(37)21-11-7-8-12-22(21)28(34)38/h4-12,19,23-24,40H,13-18H2,1-3H3,(H,31,36)(H,32,35)/t23?,24?,30-/m1/s1. The van der Waals surface area contributed by atoms with Gasteiger partial charge >= 0.3 is 0 Å². The van der Waals surface area contributed by atoms with Crippen molar-refractivity contribution in [2.24, 2.45) is 17.3 Å². The number of nitrogens with zero attached hydrogens (tertiary/aromatic N) is 2. The quantitative estimate of drug-likeness (QED) is 0.224. The van der Waals surface area contributed by atoms with Crippen LogP contribution in [0.3, 0.4) is 0 Å². The Morgan fingerprint density at radius 3 is 2.10 bits per heavy atom. The minimum atomic E-state index is -1.23. The number of hydroxylamine groups is 1. The molecule has 212 valence electrons. The maximum absolute atomic E-state index is 14.3. The van der Waals surface area contributed by atoms with Crippen molar-refractivity contribution >= 4 is 29.5 Å². The summed E-state index contributed by atoms with van der Waals surface area (Å²) >= 11 is 0. The Morgan fingerprint density at radius 1 is 0.950 bits per heavy atom. The Balaban J connectivity index is 1.64. The number of amides is 5. The Hall–Kier alpha value is -4.05. The van der Waals surface area contributed by atoms with Crippen molar-refractivity contribution in [2.75, 3.05) is 20.1 Å². The molecule has 2 aromatic carbocycles.